The van der Waals surface area contributed by atoms with Gasteiger partial charge in [-0.2, -0.15) is 0 Å². The average molecular weight is 296 g/mol. The maximum absolute atomic E-state index is 12.4. The Morgan fingerprint density at radius 1 is 1.00 bits per heavy atom. The number of hydrogen-bond acceptors (Lipinski definition) is 3. The molecule has 0 unspecified atom stereocenters. The second-order valence-electron chi connectivity index (χ2n) is 4.83. The fourth-order valence-corrected chi connectivity index (χ4v) is 1.95. The normalized spacial score (nSPS) is 11.1. The summed E-state index contributed by atoms with van der Waals surface area (Å²) in [5.41, 5.74) is 1.72. The van der Waals surface area contributed by atoms with Crippen LogP contribution in [0, 0.1) is 6.92 Å². The van der Waals surface area contributed by atoms with Gasteiger partial charge < -0.3 is 9.84 Å². The quantitative estimate of drug-likeness (QED) is 0.398. The van der Waals surface area contributed by atoms with Gasteiger partial charge in [0.15, 0.2) is 5.78 Å². The standard InChI is InChI=1S/C18H16O4/c1-12-3-7-14(8-4-12)17(19)16(18(20)21)11-13-5-9-15(22-2)10-6-13/h3-11H,1-2H3,(H,20,21)/b16-11-. The Morgan fingerprint density at radius 2 is 1.59 bits per heavy atom. The highest BCUT2D eigenvalue weighted by atomic mass is 16.5. The van der Waals surface area contributed by atoms with Gasteiger partial charge in [-0.1, -0.05) is 42.0 Å². The smallest absolute Gasteiger partial charge is 0.339 e. The number of ketones is 1. The average Bonchev–Trinajstić information content (AvgIpc) is 2.53. The molecule has 0 aliphatic rings. The molecule has 0 aliphatic heterocycles. The summed E-state index contributed by atoms with van der Waals surface area (Å²) in [5, 5.41) is 9.31. The van der Waals surface area contributed by atoms with Crippen molar-refractivity contribution < 1.29 is 19.4 Å². The minimum Gasteiger partial charge on any atom is -0.497 e. The second-order valence-corrected chi connectivity index (χ2v) is 4.83. The molecule has 0 amide bonds. The minimum absolute atomic E-state index is 0.269. The van der Waals surface area contributed by atoms with Gasteiger partial charge in [-0.25, -0.2) is 4.79 Å². The van der Waals surface area contributed by atoms with Gasteiger partial charge in [0.25, 0.3) is 0 Å². The third-order valence-corrected chi connectivity index (χ3v) is 3.22. The minimum atomic E-state index is -1.25. The first-order valence-corrected chi connectivity index (χ1v) is 6.71. The Kier molecular flexibility index (Phi) is 4.73. The molecule has 22 heavy (non-hydrogen) atoms. The molecule has 0 spiro atoms. The van der Waals surface area contributed by atoms with E-state index in [1.165, 1.54) is 6.08 Å². The van der Waals surface area contributed by atoms with Crippen molar-refractivity contribution in [2.24, 2.45) is 0 Å². The van der Waals surface area contributed by atoms with Gasteiger partial charge in [-0.3, -0.25) is 4.79 Å². The molecule has 0 atom stereocenters. The van der Waals surface area contributed by atoms with Crippen LogP contribution in [0.2, 0.25) is 0 Å². The van der Waals surface area contributed by atoms with Gasteiger partial charge in [0.05, 0.1) is 7.11 Å². The van der Waals surface area contributed by atoms with Gasteiger partial charge in [-0.15, -0.1) is 0 Å². The van der Waals surface area contributed by atoms with E-state index in [0.29, 0.717) is 16.9 Å². The number of carbonyl (C=O) groups excluding carboxylic acids is 1. The number of aryl methyl sites for hydroxylation is 1. The molecule has 0 bridgehead atoms. The van der Waals surface area contributed by atoms with E-state index < -0.39 is 11.8 Å². The van der Waals surface area contributed by atoms with E-state index in [9.17, 15) is 14.7 Å². The molecule has 4 heteroatoms. The molecule has 0 radical (unpaired) electrons. The molecule has 2 rings (SSSR count). The van der Waals surface area contributed by atoms with Crippen molar-refractivity contribution in [2.45, 2.75) is 6.92 Å². The van der Waals surface area contributed by atoms with Crippen molar-refractivity contribution in [3.8, 4) is 5.75 Å². The van der Waals surface area contributed by atoms with E-state index in [2.05, 4.69) is 0 Å². The van der Waals surface area contributed by atoms with Gasteiger partial charge >= 0.3 is 5.97 Å². The maximum atomic E-state index is 12.4. The lowest BCUT2D eigenvalue weighted by Gasteiger charge is -2.04. The van der Waals surface area contributed by atoms with Crippen LogP contribution >= 0.6 is 0 Å². The van der Waals surface area contributed by atoms with E-state index >= 15 is 0 Å². The monoisotopic (exact) mass is 296 g/mol. The van der Waals surface area contributed by atoms with Crippen molar-refractivity contribution in [1.82, 2.24) is 0 Å². The zero-order chi connectivity index (χ0) is 16.1. The highest BCUT2D eigenvalue weighted by Gasteiger charge is 2.19. The van der Waals surface area contributed by atoms with E-state index in [-0.39, 0.29) is 5.57 Å². The molecule has 0 fully saturated rings. The summed E-state index contributed by atoms with van der Waals surface area (Å²) >= 11 is 0. The number of benzene rings is 2. The van der Waals surface area contributed by atoms with Crippen LogP contribution in [0.5, 0.6) is 5.75 Å². The number of rotatable bonds is 5. The summed E-state index contributed by atoms with van der Waals surface area (Å²) in [4.78, 5) is 23.7. The number of Topliss-reactive ketones (excluding diaryl/α,β-unsaturated/α-hetero) is 1. The Hall–Kier alpha value is -2.88. The number of ether oxygens (including phenoxy) is 1. The van der Waals surface area contributed by atoms with Crippen LogP contribution in [0.15, 0.2) is 54.1 Å². The molecule has 0 aromatic heterocycles. The lowest BCUT2D eigenvalue weighted by atomic mass is 10.00. The highest BCUT2D eigenvalue weighted by molar-refractivity contribution is 6.26. The van der Waals surface area contributed by atoms with Crippen LogP contribution in [-0.2, 0) is 4.79 Å². The Balaban J connectivity index is 2.36. The SMILES string of the molecule is COc1ccc(/C=C(\C(=O)O)C(=O)c2ccc(C)cc2)cc1. The number of aliphatic carboxylic acids is 1. The summed E-state index contributed by atoms with van der Waals surface area (Å²) in [6, 6.07) is 13.6. The lowest BCUT2D eigenvalue weighted by Crippen LogP contribution is -2.12. The number of methoxy groups -OCH3 is 1. The molecule has 112 valence electrons. The molecule has 4 nitrogen and oxygen atoms in total. The molecule has 0 aliphatic carbocycles. The predicted octanol–water partition coefficient (Wildman–Crippen LogP) is 3.35. The topological polar surface area (TPSA) is 63.6 Å². The fourth-order valence-electron chi connectivity index (χ4n) is 1.95. The van der Waals surface area contributed by atoms with Gasteiger partial charge in [0.1, 0.15) is 11.3 Å². The first-order valence-electron chi connectivity index (χ1n) is 6.71. The van der Waals surface area contributed by atoms with Crippen molar-refractivity contribution in [1.29, 1.82) is 0 Å². The van der Waals surface area contributed by atoms with Crippen LogP contribution in [-0.4, -0.2) is 24.0 Å². The van der Waals surface area contributed by atoms with Crippen molar-refractivity contribution in [3.05, 3.63) is 70.8 Å². The highest BCUT2D eigenvalue weighted by Crippen LogP contribution is 2.17. The summed E-state index contributed by atoms with van der Waals surface area (Å²) in [6.45, 7) is 1.90. The van der Waals surface area contributed by atoms with Crippen LogP contribution in [0.3, 0.4) is 0 Å². The van der Waals surface area contributed by atoms with Crippen LogP contribution < -0.4 is 4.74 Å². The summed E-state index contributed by atoms with van der Waals surface area (Å²) < 4.78 is 5.05. The Labute approximate surface area is 128 Å². The van der Waals surface area contributed by atoms with E-state index in [0.717, 1.165) is 5.56 Å². The van der Waals surface area contributed by atoms with E-state index in [1.807, 2.05) is 6.92 Å². The molecule has 2 aromatic carbocycles. The maximum Gasteiger partial charge on any atom is 0.339 e. The number of carbonyl (C=O) groups is 2. The third kappa shape index (κ3) is 3.61. The van der Waals surface area contributed by atoms with Crippen LogP contribution in [0.1, 0.15) is 21.5 Å². The zero-order valence-corrected chi connectivity index (χ0v) is 12.4. The summed E-state index contributed by atoms with van der Waals surface area (Å²) in [5.74, 6) is -1.09. The summed E-state index contributed by atoms with van der Waals surface area (Å²) in [6.07, 6.45) is 1.37. The molecule has 0 saturated carbocycles. The van der Waals surface area contributed by atoms with E-state index in [4.69, 9.17) is 4.74 Å². The largest absolute Gasteiger partial charge is 0.497 e. The van der Waals surface area contributed by atoms with Gasteiger partial charge in [0.2, 0.25) is 0 Å². The number of carboxylic acids is 1. The summed E-state index contributed by atoms with van der Waals surface area (Å²) in [7, 11) is 1.55. The van der Waals surface area contributed by atoms with Crippen LogP contribution in [0.4, 0.5) is 0 Å². The molecule has 1 N–H and O–H groups in total. The predicted molar refractivity (Wildman–Crippen MR) is 84.1 cm³/mol. The van der Waals surface area contributed by atoms with Gasteiger partial charge in [0, 0.05) is 5.56 Å². The molecule has 2 aromatic rings. The molecule has 0 saturated heterocycles. The van der Waals surface area contributed by atoms with Gasteiger partial charge in [-0.05, 0) is 30.7 Å². The second kappa shape index (κ2) is 6.72. The lowest BCUT2D eigenvalue weighted by molar-refractivity contribution is -0.132. The molecular weight excluding hydrogens is 280 g/mol. The number of hydrogen-bond donors (Lipinski definition) is 1. The Bertz CT molecular complexity index is 710. The fraction of sp³-hybridized carbons (Fsp3) is 0.111. The molecular formula is C18H16O4. The number of carboxylic acid groups (broad SMARTS) is 1. The van der Waals surface area contributed by atoms with Crippen molar-refractivity contribution in [2.75, 3.05) is 7.11 Å². The zero-order valence-electron chi connectivity index (χ0n) is 12.4. The first-order chi connectivity index (χ1) is 10.5. The third-order valence-electron chi connectivity index (χ3n) is 3.22. The van der Waals surface area contributed by atoms with Crippen molar-refractivity contribution in [3.63, 3.8) is 0 Å². The first kappa shape index (κ1) is 15.5. The van der Waals surface area contributed by atoms with Crippen molar-refractivity contribution >= 4 is 17.8 Å². The van der Waals surface area contributed by atoms with E-state index in [1.54, 1.807) is 55.6 Å². The Morgan fingerprint density at radius 3 is 2.09 bits per heavy atom. The molecule has 0 heterocycles. The van der Waals surface area contributed by atoms with Crippen LogP contribution in [0.25, 0.3) is 6.08 Å².